The molecule has 1 unspecified atom stereocenters. The van der Waals surface area contributed by atoms with Crippen molar-refractivity contribution in [1.82, 2.24) is 9.88 Å². The fourth-order valence-corrected chi connectivity index (χ4v) is 5.64. The molecular formula is C32H36N2O2. The summed E-state index contributed by atoms with van der Waals surface area (Å²) in [5.74, 6) is -0.262. The van der Waals surface area contributed by atoms with E-state index in [0.717, 1.165) is 37.9 Å². The van der Waals surface area contributed by atoms with Crippen LogP contribution in [-0.4, -0.2) is 34.5 Å². The van der Waals surface area contributed by atoms with E-state index in [0.29, 0.717) is 0 Å². The summed E-state index contributed by atoms with van der Waals surface area (Å²) in [6, 6.07) is 18.9. The van der Waals surface area contributed by atoms with Gasteiger partial charge in [0.2, 0.25) is 0 Å². The topological polar surface area (TPSA) is 42.4 Å². The van der Waals surface area contributed by atoms with Gasteiger partial charge in [0.1, 0.15) is 5.60 Å². The number of esters is 1. The summed E-state index contributed by atoms with van der Waals surface area (Å²) >= 11 is 0. The number of fused-ring (bicyclic) bond motifs is 5. The summed E-state index contributed by atoms with van der Waals surface area (Å²) in [5.41, 5.74) is 6.19. The molecule has 0 N–H and O–H groups in total. The number of pyridine rings is 1. The van der Waals surface area contributed by atoms with E-state index >= 15 is 0 Å². The molecule has 3 aromatic rings. The van der Waals surface area contributed by atoms with Gasteiger partial charge in [0, 0.05) is 42.8 Å². The van der Waals surface area contributed by atoms with Crippen LogP contribution in [0.25, 0.3) is 22.9 Å². The highest BCUT2D eigenvalue weighted by molar-refractivity contribution is 5.82. The molecule has 186 valence electrons. The number of ether oxygens (including phenoxy) is 1. The van der Waals surface area contributed by atoms with Crippen molar-refractivity contribution in [2.24, 2.45) is 0 Å². The number of benzene rings is 2. The number of rotatable bonds is 2. The van der Waals surface area contributed by atoms with Crippen LogP contribution >= 0.6 is 0 Å². The molecule has 1 atom stereocenters. The van der Waals surface area contributed by atoms with Gasteiger partial charge >= 0.3 is 5.97 Å². The fourth-order valence-electron chi connectivity index (χ4n) is 5.64. The van der Waals surface area contributed by atoms with Crippen LogP contribution < -0.4 is 10.4 Å². The van der Waals surface area contributed by atoms with Crippen molar-refractivity contribution in [3.8, 4) is 11.1 Å². The molecule has 2 heterocycles. The van der Waals surface area contributed by atoms with Crippen LogP contribution in [0.1, 0.15) is 63.5 Å². The summed E-state index contributed by atoms with van der Waals surface area (Å²) < 4.78 is 5.79. The van der Waals surface area contributed by atoms with Crippen LogP contribution in [0.3, 0.4) is 0 Å². The SMILES string of the molecule is CC(C)(C)OC(=O)C1CCC=c2c1ccc1c2=C(N2CCCC2)Cc2ccccc2-1.c1ccncc1. The zero-order valence-corrected chi connectivity index (χ0v) is 21.7. The zero-order chi connectivity index (χ0) is 25.1. The predicted molar refractivity (Wildman–Crippen MR) is 146 cm³/mol. The third-order valence-corrected chi connectivity index (χ3v) is 7.16. The second-order valence-electron chi connectivity index (χ2n) is 10.9. The molecule has 1 saturated heterocycles. The summed E-state index contributed by atoms with van der Waals surface area (Å²) in [7, 11) is 0. The van der Waals surface area contributed by atoms with Gasteiger partial charge in [0.25, 0.3) is 0 Å². The van der Waals surface area contributed by atoms with Gasteiger partial charge in [-0.3, -0.25) is 9.78 Å². The minimum absolute atomic E-state index is 0.0873. The van der Waals surface area contributed by atoms with Crippen molar-refractivity contribution in [2.45, 2.75) is 64.4 Å². The van der Waals surface area contributed by atoms with Gasteiger partial charge in [-0.1, -0.05) is 48.5 Å². The van der Waals surface area contributed by atoms with Crippen molar-refractivity contribution >= 4 is 17.7 Å². The predicted octanol–water partition coefficient (Wildman–Crippen LogP) is 5.19. The van der Waals surface area contributed by atoms with E-state index in [-0.39, 0.29) is 11.9 Å². The van der Waals surface area contributed by atoms with Crippen LogP contribution in [-0.2, 0) is 16.0 Å². The first-order valence-electron chi connectivity index (χ1n) is 13.2. The van der Waals surface area contributed by atoms with E-state index in [2.05, 4.69) is 52.4 Å². The van der Waals surface area contributed by atoms with Crippen molar-refractivity contribution < 1.29 is 9.53 Å². The Kier molecular flexibility index (Phi) is 6.95. The Labute approximate surface area is 214 Å². The maximum Gasteiger partial charge on any atom is 0.313 e. The number of nitrogens with zero attached hydrogens (tertiary/aromatic N) is 2. The minimum atomic E-state index is -0.460. The Morgan fingerprint density at radius 2 is 1.69 bits per heavy atom. The smallest absolute Gasteiger partial charge is 0.313 e. The molecular weight excluding hydrogens is 444 g/mol. The van der Waals surface area contributed by atoms with Crippen molar-refractivity contribution in [1.29, 1.82) is 0 Å². The summed E-state index contributed by atoms with van der Waals surface area (Å²) in [6.45, 7) is 8.11. The Balaban J connectivity index is 0.000000391. The van der Waals surface area contributed by atoms with Crippen molar-refractivity contribution in [2.75, 3.05) is 13.1 Å². The maximum absolute atomic E-state index is 13.0. The molecule has 1 aliphatic heterocycles. The first-order valence-corrected chi connectivity index (χ1v) is 13.2. The number of hydrogen-bond donors (Lipinski definition) is 0. The van der Waals surface area contributed by atoms with Gasteiger partial charge in [-0.25, -0.2) is 0 Å². The number of likely N-dealkylation sites (tertiary alicyclic amines) is 1. The van der Waals surface area contributed by atoms with Crippen LogP contribution in [0.15, 0.2) is 67.0 Å². The lowest BCUT2D eigenvalue weighted by atomic mass is 9.81. The van der Waals surface area contributed by atoms with Crippen molar-refractivity contribution in [3.05, 3.63) is 88.6 Å². The number of carbonyl (C=O) groups is 1. The third-order valence-electron chi connectivity index (χ3n) is 7.16. The lowest BCUT2D eigenvalue weighted by Crippen LogP contribution is -2.43. The summed E-state index contributed by atoms with van der Waals surface area (Å²) in [4.78, 5) is 19.4. The first-order chi connectivity index (χ1) is 17.4. The Bertz CT molecular complexity index is 1320. The van der Waals surface area contributed by atoms with E-state index in [1.54, 1.807) is 12.4 Å². The first kappa shape index (κ1) is 24.3. The zero-order valence-electron chi connectivity index (χ0n) is 21.7. The Hall–Kier alpha value is -3.40. The van der Waals surface area contributed by atoms with E-state index in [1.807, 2.05) is 39.0 Å². The lowest BCUT2D eigenvalue weighted by molar-refractivity contribution is -0.157. The minimum Gasteiger partial charge on any atom is -0.459 e. The molecule has 0 radical (unpaired) electrons. The van der Waals surface area contributed by atoms with Crippen LogP contribution in [0.4, 0.5) is 0 Å². The van der Waals surface area contributed by atoms with Gasteiger partial charge in [0.15, 0.2) is 0 Å². The maximum atomic E-state index is 13.0. The molecule has 36 heavy (non-hydrogen) atoms. The summed E-state index contributed by atoms with van der Waals surface area (Å²) in [5, 5.41) is 2.63. The fraction of sp³-hybridized carbons (Fsp3) is 0.375. The second kappa shape index (κ2) is 10.3. The average Bonchev–Trinajstić information content (AvgIpc) is 3.43. The quantitative estimate of drug-likeness (QED) is 0.473. The highest BCUT2D eigenvalue weighted by Gasteiger charge is 2.31. The number of carbonyl (C=O) groups excluding carboxylic acids is 1. The molecule has 0 spiro atoms. The second-order valence-corrected chi connectivity index (χ2v) is 10.9. The molecule has 4 heteroatoms. The molecule has 1 aromatic heterocycles. The monoisotopic (exact) mass is 480 g/mol. The third kappa shape index (κ3) is 5.09. The molecule has 3 aliphatic rings. The standard InChI is InChI=1S/C27H31NO2.C5H5N/c1-27(2,3)30-26(29)23-12-8-11-21-20(23)13-14-22-19-10-5-4-9-18(19)17-24(25(21)22)28-15-6-7-16-28;1-2-4-6-5-3-1/h4-5,9-11,13-14,23H,6-8,12,15-17H2,1-3H3;1-5H. The normalized spacial score (nSPS) is 18.1. The summed E-state index contributed by atoms with van der Waals surface area (Å²) in [6.07, 6.45) is 11.1. The van der Waals surface area contributed by atoms with E-state index in [1.165, 1.54) is 45.7 Å². The van der Waals surface area contributed by atoms with E-state index in [4.69, 9.17) is 4.74 Å². The van der Waals surface area contributed by atoms with Gasteiger partial charge in [-0.2, -0.15) is 0 Å². The molecule has 0 saturated carbocycles. The van der Waals surface area contributed by atoms with Crippen LogP contribution in [0.5, 0.6) is 0 Å². The Morgan fingerprint density at radius 1 is 0.944 bits per heavy atom. The molecule has 0 bridgehead atoms. The molecule has 0 amide bonds. The van der Waals surface area contributed by atoms with Gasteiger partial charge in [-0.05, 0) is 86.1 Å². The van der Waals surface area contributed by atoms with E-state index < -0.39 is 5.60 Å². The molecule has 4 nitrogen and oxygen atoms in total. The van der Waals surface area contributed by atoms with Gasteiger partial charge in [0.05, 0.1) is 5.92 Å². The van der Waals surface area contributed by atoms with Crippen molar-refractivity contribution in [3.63, 3.8) is 0 Å². The van der Waals surface area contributed by atoms with Gasteiger partial charge < -0.3 is 9.64 Å². The van der Waals surface area contributed by atoms with Crippen LogP contribution in [0.2, 0.25) is 0 Å². The molecule has 2 aromatic carbocycles. The van der Waals surface area contributed by atoms with Gasteiger partial charge in [-0.15, -0.1) is 0 Å². The lowest BCUT2D eigenvalue weighted by Gasteiger charge is -2.30. The molecule has 6 rings (SSSR count). The number of aromatic nitrogens is 1. The molecule has 2 aliphatic carbocycles. The highest BCUT2D eigenvalue weighted by Crippen LogP contribution is 2.32. The largest absolute Gasteiger partial charge is 0.459 e. The highest BCUT2D eigenvalue weighted by atomic mass is 16.6. The average molecular weight is 481 g/mol. The van der Waals surface area contributed by atoms with Crippen LogP contribution in [0, 0.1) is 0 Å². The molecule has 1 fully saturated rings. The Morgan fingerprint density at radius 3 is 2.36 bits per heavy atom. The number of hydrogen-bond acceptors (Lipinski definition) is 4. The van der Waals surface area contributed by atoms with E-state index in [9.17, 15) is 4.79 Å².